The first-order chi connectivity index (χ1) is 11.9. The topological polar surface area (TPSA) is 76.6 Å². The molecule has 3 heterocycles. The van der Waals surface area contributed by atoms with E-state index in [0.717, 1.165) is 8.95 Å². The van der Waals surface area contributed by atoms with Crippen molar-refractivity contribution in [3.8, 4) is 12.1 Å². The minimum Gasteiger partial charge on any atom is -0.352 e. The number of nitriles is 2. The lowest BCUT2D eigenvalue weighted by molar-refractivity contribution is 0.364. The van der Waals surface area contributed by atoms with Gasteiger partial charge in [0, 0.05) is 27.9 Å². The summed E-state index contributed by atoms with van der Waals surface area (Å²) in [4.78, 5) is 9.72. The van der Waals surface area contributed by atoms with E-state index >= 15 is 0 Å². The summed E-state index contributed by atoms with van der Waals surface area (Å²) in [6, 6.07) is 7.31. The van der Waals surface area contributed by atoms with Gasteiger partial charge in [0.15, 0.2) is 0 Å². The van der Waals surface area contributed by atoms with Gasteiger partial charge in [0.1, 0.15) is 29.3 Å². The number of aromatic nitrogens is 2. The van der Waals surface area contributed by atoms with Gasteiger partial charge in [-0.25, -0.2) is 14.4 Å². The molecule has 3 rings (SSSR count). The van der Waals surface area contributed by atoms with Crippen LogP contribution in [0.3, 0.4) is 0 Å². The van der Waals surface area contributed by atoms with Gasteiger partial charge < -0.3 is 4.90 Å². The maximum Gasteiger partial charge on any atom is 0.146 e. The lowest BCUT2D eigenvalue weighted by Crippen LogP contribution is -2.22. The molecule has 0 unspecified atom stereocenters. The first kappa shape index (κ1) is 19.6. The van der Waals surface area contributed by atoms with Crippen molar-refractivity contribution in [2.75, 3.05) is 18.0 Å². The monoisotopic (exact) mass is 485 g/mol. The third-order valence-electron chi connectivity index (χ3n) is 3.31. The second-order valence-electron chi connectivity index (χ2n) is 5.07. The average Bonchev–Trinajstić information content (AvgIpc) is 3.03. The van der Waals surface area contributed by atoms with Crippen LogP contribution in [0.4, 0.5) is 10.2 Å². The van der Waals surface area contributed by atoms with E-state index in [2.05, 4.69) is 47.9 Å². The molecule has 1 atom stereocenters. The maximum absolute atomic E-state index is 13.0. The Morgan fingerprint density at radius 3 is 2.24 bits per heavy atom. The molecule has 1 aliphatic rings. The Hall–Kier alpha value is -1.74. The Balaban J connectivity index is 0.000000196. The van der Waals surface area contributed by atoms with Gasteiger partial charge in [0.05, 0.1) is 17.7 Å². The number of alkyl halides is 1. The number of halogens is 4. The number of hydrogen-bond acceptors (Lipinski definition) is 5. The molecule has 0 aliphatic carbocycles. The van der Waals surface area contributed by atoms with E-state index in [9.17, 15) is 4.39 Å². The summed E-state index contributed by atoms with van der Waals surface area (Å²) >= 11 is 12.0. The Labute approximate surface area is 166 Å². The highest BCUT2D eigenvalue weighted by molar-refractivity contribution is 9.10. The molecule has 1 fully saturated rings. The summed E-state index contributed by atoms with van der Waals surface area (Å²) < 4.78 is 14.5. The smallest absolute Gasteiger partial charge is 0.146 e. The molecular formula is C16H11Br2ClFN5. The second-order valence-corrected chi connectivity index (χ2v) is 7.26. The quantitative estimate of drug-likeness (QED) is 0.548. The fourth-order valence-corrected chi connectivity index (χ4v) is 2.99. The standard InChI is InChI=1S/C10H9BrFN3.C6H2BrClN2/c11-8-3-7(4-13)10(14-5-8)15-2-1-9(12)6-15;7-5-1-4(2-9)6(8)10-3-5/h3,5,9H,1-2,6H2;1,3H/t9-;/m0./s1. The van der Waals surface area contributed by atoms with E-state index < -0.39 is 6.17 Å². The van der Waals surface area contributed by atoms with Crippen LogP contribution in [0.2, 0.25) is 5.15 Å². The summed E-state index contributed by atoms with van der Waals surface area (Å²) in [6.07, 6.45) is 2.88. The van der Waals surface area contributed by atoms with Crippen LogP contribution in [0.1, 0.15) is 17.5 Å². The number of hydrogen-bond donors (Lipinski definition) is 0. The van der Waals surface area contributed by atoms with Crippen LogP contribution in [-0.2, 0) is 0 Å². The highest BCUT2D eigenvalue weighted by Gasteiger charge is 2.24. The van der Waals surface area contributed by atoms with Crippen LogP contribution in [0.5, 0.6) is 0 Å². The van der Waals surface area contributed by atoms with Crippen molar-refractivity contribution in [3.63, 3.8) is 0 Å². The summed E-state index contributed by atoms with van der Waals surface area (Å²) in [5.74, 6) is 0.584. The Bertz CT molecular complexity index is 849. The molecule has 1 aliphatic heterocycles. The molecule has 1 saturated heterocycles. The summed E-state index contributed by atoms with van der Waals surface area (Å²) in [5, 5.41) is 17.6. The largest absolute Gasteiger partial charge is 0.352 e. The van der Waals surface area contributed by atoms with E-state index in [1.807, 2.05) is 11.0 Å². The molecule has 0 spiro atoms. The van der Waals surface area contributed by atoms with Crippen molar-refractivity contribution in [2.45, 2.75) is 12.6 Å². The van der Waals surface area contributed by atoms with Gasteiger partial charge in [0.25, 0.3) is 0 Å². The second kappa shape index (κ2) is 9.10. The van der Waals surface area contributed by atoms with Crippen LogP contribution in [0.15, 0.2) is 33.5 Å². The third-order valence-corrected chi connectivity index (χ3v) is 4.48. The first-order valence-corrected chi connectivity index (χ1v) is 9.06. The van der Waals surface area contributed by atoms with Gasteiger partial charge in [-0.2, -0.15) is 10.5 Å². The average molecular weight is 488 g/mol. The highest BCUT2D eigenvalue weighted by atomic mass is 79.9. The SMILES string of the molecule is N#Cc1cc(Br)cnc1Cl.N#Cc1cc(Br)cnc1N1CC[C@H](F)C1. The zero-order chi connectivity index (χ0) is 18.4. The molecule has 9 heteroatoms. The Morgan fingerprint density at radius 1 is 1.12 bits per heavy atom. The molecule has 0 saturated carbocycles. The van der Waals surface area contributed by atoms with Crippen LogP contribution in [-0.4, -0.2) is 29.2 Å². The molecule has 0 N–H and O–H groups in total. The van der Waals surface area contributed by atoms with Crippen LogP contribution >= 0.6 is 43.5 Å². The number of nitrogens with zero attached hydrogens (tertiary/aromatic N) is 5. The molecule has 0 radical (unpaired) electrons. The lowest BCUT2D eigenvalue weighted by atomic mass is 10.2. The van der Waals surface area contributed by atoms with Gasteiger partial charge in [-0.15, -0.1) is 0 Å². The number of rotatable bonds is 1. The molecule has 0 amide bonds. The molecule has 25 heavy (non-hydrogen) atoms. The van der Waals surface area contributed by atoms with E-state index in [1.54, 1.807) is 24.5 Å². The van der Waals surface area contributed by atoms with Gasteiger partial charge in [-0.05, 0) is 50.4 Å². The van der Waals surface area contributed by atoms with E-state index in [1.165, 1.54) is 0 Å². The van der Waals surface area contributed by atoms with Gasteiger partial charge >= 0.3 is 0 Å². The molecular weight excluding hydrogens is 476 g/mol. The maximum atomic E-state index is 13.0. The molecule has 2 aromatic rings. The van der Waals surface area contributed by atoms with Crippen molar-refractivity contribution in [2.24, 2.45) is 0 Å². The molecule has 0 bridgehead atoms. The van der Waals surface area contributed by atoms with E-state index in [4.69, 9.17) is 22.1 Å². The highest BCUT2D eigenvalue weighted by Crippen LogP contribution is 2.25. The van der Waals surface area contributed by atoms with Crippen molar-refractivity contribution in [1.82, 2.24) is 9.97 Å². The van der Waals surface area contributed by atoms with Crippen molar-refractivity contribution in [1.29, 1.82) is 10.5 Å². The summed E-state index contributed by atoms with van der Waals surface area (Å²) in [6.45, 7) is 0.966. The lowest BCUT2D eigenvalue weighted by Gasteiger charge is -2.17. The zero-order valence-electron chi connectivity index (χ0n) is 12.8. The normalized spacial score (nSPS) is 15.8. The molecule has 0 aromatic carbocycles. The summed E-state index contributed by atoms with van der Waals surface area (Å²) in [5.41, 5.74) is 0.870. The number of pyridine rings is 2. The van der Waals surface area contributed by atoms with E-state index in [-0.39, 0.29) is 5.15 Å². The fraction of sp³-hybridized carbons (Fsp3) is 0.250. The van der Waals surface area contributed by atoms with Crippen molar-refractivity contribution >= 4 is 49.3 Å². The minimum absolute atomic E-state index is 0.241. The van der Waals surface area contributed by atoms with Crippen LogP contribution in [0, 0.1) is 22.7 Å². The Morgan fingerprint density at radius 2 is 1.72 bits per heavy atom. The molecule has 5 nitrogen and oxygen atoms in total. The molecule has 2 aromatic heterocycles. The first-order valence-electron chi connectivity index (χ1n) is 7.10. The van der Waals surface area contributed by atoms with Crippen LogP contribution in [0.25, 0.3) is 0 Å². The minimum atomic E-state index is -0.804. The van der Waals surface area contributed by atoms with Crippen LogP contribution < -0.4 is 4.90 Å². The van der Waals surface area contributed by atoms with Crippen molar-refractivity contribution in [3.05, 3.63) is 49.8 Å². The van der Waals surface area contributed by atoms with E-state index in [0.29, 0.717) is 36.5 Å². The van der Waals surface area contributed by atoms with Gasteiger partial charge in [0.2, 0.25) is 0 Å². The summed E-state index contributed by atoms with van der Waals surface area (Å²) in [7, 11) is 0. The predicted octanol–water partition coefficient (Wildman–Crippen LogP) is 4.63. The fourth-order valence-electron chi connectivity index (χ4n) is 2.18. The predicted molar refractivity (Wildman–Crippen MR) is 100 cm³/mol. The number of anilines is 1. The Kier molecular flexibility index (Phi) is 7.12. The van der Waals surface area contributed by atoms with Crippen molar-refractivity contribution < 1.29 is 4.39 Å². The van der Waals surface area contributed by atoms with Gasteiger partial charge in [-0.3, -0.25) is 0 Å². The van der Waals surface area contributed by atoms with Gasteiger partial charge in [-0.1, -0.05) is 11.6 Å². The third kappa shape index (κ3) is 5.37. The molecule has 128 valence electrons. The zero-order valence-corrected chi connectivity index (χ0v) is 16.7.